The van der Waals surface area contributed by atoms with Gasteiger partial charge in [0.1, 0.15) is 6.54 Å². The van der Waals surface area contributed by atoms with Crippen LogP contribution < -0.4 is 15.0 Å². The van der Waals surface area contributed by atoms with Gasteiger partial charge in [-0.3, -0.25) is 4.79 Å². The van der Waals surface area contributed by atoms with Gasteiger partial charge in [0.05, 0.1) is 18.3 Å². The van der Waals surface area contributed by atoms with Crippen molar-refractivity contribution in [2.75, 3.05) is 18.0 Å². The van der Waals surface area contributed by atoms with Gasteiger partial charge in [-0.1, -0.05) is 12.1 Å². The zero-order valence-corrected chi connectivity index (χ0v) is 11.9. The number of amides is 1. The summed E-state index contributed by atoms with van der Waals surface area (Å²) < 4.78 is 5.05. The molecule has 118 valence electrons. The van der Waals surface area contributed by atoms with Crippen LogP contribution >= 0.6 is 0 Å². The predicted molar refractivity (Wildman–Crippen MR) is 75.5 cm³/mol. The molecule has 0 spiro atoms. The number of aliphatic hydroxyl groups is 1. The fraction of sp³-hybridized carbons (Fsp3) is 0.357. The highest BCUT2D eigenvalue weighted by molar-refractivity contribution is 5.91. The quantitative estimate of drug-likeness (QED) is 0.489. The fourth-order valence-corrected chi connectivity index (χ4v) is 2.12. The van der Waals surface area contributed by atoms with E-state index in [1.165, 1.54) is 11.8 Å². The lowest BCUT2D eigenvalue weighted by molar-refractivity contribution is -0.144. The number of ether oxygens (including phenoxy) is 1. The van der Waals surface area contributed by atoms with Gasteiger partial charge in [0.25, 0.3) is 0 Å². The number of carboxylic acid groups (broad SMARTS) is 1. The van der Waals surface area contributed by atoms with E-state index in [1.807, 2.05) is 0 Å². The van der Waals surface area contributed by atoms with E-state index in [4.69, 9.17) is 9.84 Å². The summed E-state index contributed by atoms with van der Waals surface area (Å²) in [5, 5.41) is 20.5. The number of nitrogens with one attached hydrogen (secondary N) is 1. The third-order valence-corrected chi connectivity index (χ3v) is 3.15. The first-order valence-corrected chi connectivity index (χ1v) is 6.63. The minimum atomic E-state index is -1.40. The maximum Gasteiger partial charge on any atom is 0.331 e. The molecule has 1 aromatic rings. The molecule has 0 saturated carbocycles. The molecule has 8 heteroatoms. The Bertz CT molecular complexity index is 601. The summed E-state index contributed by atoms with van der Waals surface area (Å²) in [6, 6.07) is 5.33. The lowest BCUT2D eigenvalue weighted by Gasteiger charge is -2.29. The van der Waals surface area contributed by atoms with Crippen LogP contribution in [0.3, 0.4) is 0 Å². The van der Waals surface area contributed by atoms with Crippen molar-refractivity contribution in [1.29, 1.82) is 0 Å². The molecule has 1 aliphatic rings. The number of anilines is 1. The molecule has 8 nitrogen and oxygen atoms in total. The Morgan fingerprint density at radius 3 is 2.73 bits per heavy atom. The number of nitrogens with zero attached hydrogens (tertiary/aromatic N) is 1. The summed E-state index contributed by atoms with van der Waals surface area (Å²) in [6.07, 6.45) is -1.24. The molecule has 1 amide bonds. The molecule has 0 radical (unpaired) electrons. The zero-order valence-electron chi connectivity index (χ0n) is 11.9. The smallest absolute Gasteiger partial charge is 0.331 e. The number of esters is 1. The molecule has 2 unspecified atom stereocenters. The van der Waals surface area contributed by atoms with E-state index in [9.17, 15) is 19.5 Å². The van der Waals surface area contributed by atoms with Crippen LogP contribution in [0.4, 0.5) is 5.69 Å². The Morgan fingerprint density at radius 2 is 2.09 bits per heavy atom. The first-order chi connectivity index (χ1) is 10.4. The van der Waals surface area contributed by atoms with Crippen LogP contribution in [-0.4, -0.2) is 53.3 Å². The van der Waals surface area contributed by atoms with Crippen LogP contribution in [-0.2, 0) is 14.4 Å². The monoisotopic (exact) mass is 308 g/mol. The third kappa shape index (κ3) is 3.53. The molecule has 22 heavy (non-hydrogen) atoms. The highest BCUT2D eigenvalue weighted by atomic mass is 16.5. The molecule has 0 saturated heterocycles. The number of fused-ring (bicyclic) bond motifs is 1. The molecular weight excluding hydrogens is 292 g/mol. The van der Waals surface area contributed by atoms with Crippen LogP contribution in [0, 0.1) is 0 Å². The Labute approximate surface area is 126 Å². The number of carbonyl (C=O) groups is 3. The number of para-hydroxylation sites is 2. The minimum Gasteiger partial charge on any atom is -0.480 e. The fourth-order valence-electron chi connectivity index (χ4n) is 2.12. The van der Waals surface area contributed by atoms with E-state index in [2.05, 4.69) is 5.32 Å². The molecule has 0 aliphatic carbocycles. The maximum atomic E-state index is 12.0. The number of benzene rings is 1. The van der Waals surface area contributed by atoms with Crippen molar-refractivity contribution in [3.8, 4) is 5.75 Å². The van der Waals surface area contributed by atoms with Gasteiger partial charge in [-0.25, -0.2) is 9.59 Å². The molecule has 3 N–H and O–H groups in total. The van der Waals surface area contributed by atoms with Crippen LogP contribution in [0.15, 0.2) is 24.3 Å². The number of hydrogen-bond acceptors (Lipinski definition) is 6. The van der Waals surface area contributed by atoms with Gasteiger partial charge in [-0.2, -0.15) is 0 Å². The van der Waals surface area contributed by atoms with Gasteiger partial charge >= 0.3 is 11.9 Å². The second kappa shape index (κ2) is 6.44. The Hall–Kier alpha value is -2.61. The van der Waals surface area contributed by atoms with Crippen molar-refractivity contribution in [1.82, 2.24) is 5.32 Å². The van der Waals surface area contributed by atoms with Crippen molar-refractivity contribution in [3.05, 3.63) is 24.3 Å². The average molecular weight is 308 g/mol. The molecule has 1 aliphatic heterocycles. The summed E-state index contributed by atoms with van der Waals surface area (Å²) in [5.41, 5.74) is 0.571. The van der Waals surface area contributed by atoms with Crippen molar-refractivity contribution < 1.29 is 29.3 Å². The summed E-state index contributed by atoms with van der Waals surface area (Å²) >= 11 is 0. The van der Waals surface area contributed by atoms with E-state index >= 15 is 0 Å². The molecule has 2 rings (SSSR count). The summed E-state index contributed by atoms with van der Waals surface area (Å²) in [4.78, 5) is 35.9. The minimum absolute atomic E-state index is 0.114. The van der Waals surface area contributed by atoms with Gasteiger partial charge in [0.2, 0.25) is 5.91 Å². The van der Waals surface area contributed by atoms with E-state index in [-0.39, 0.29) is 13.1 Å². The van der Waals surface area contributed by atoms with E-state index in [0.29, 0.717) is 11.4 Å². The molecule has 0 bridgehead atoms. The molecular formula is C14H16N2O6. The van der Waals surface area contributed by atoms with Crippen molar-refractivity contribution in [2.24, 2.45) is 0 Å². The zero-order chi connectivity index (χ0) is 16.3. The average Bonchev–Trinajstić information content (AvgIpc) is 2.44. The highest BCUT2D eigenvalue weighted by Gasteiger charge is 2.28. The molecule has 0 aromatic heterocycles. The summed E-state index contributed by atoms with van der Waals surface area (Å²) in [5.74, 6) is -2.10. The molecule has 1 aromatic carbocycles. The molecule has 0 fully saturated rings. The van der Waals surface area contributed by atoms with E-state index < -0.39 is 30.0 Å². The number of rotatable bonds is 5. The lowest BCUT2D eigenvalue weighted by Crippen LogP contribution is -2.51. The third-order valence-electron chi connectivity index (χ3n) is 3.15. The highest BCUT2D eigenvalue weighted by Crippen LogP contribution is 2.30. The molecule has 2 atom stereocenters. The molecule has 1 heterocycles. The predicted octanol–water partition coefficient (Wildman–Crippen LogP) is -0.638. The summed E-state index contributed by atoms with van der Waals surface area (Å²) in [7, 11) is 0. The van der Waals surface area contributed by atoms with E-state index in [1.54, 1.807) is 24.3 Å². The SMILES string of the molecule is CC(O)C(NC(=O)CN1CC(=O)Oc2ccccc21)C(=O)O. The first-order valence-electron chi connectivity index (χ1n) is 6.63. The van der Waals surface area contributed by atoms with Gasteiger partial charge < -0.3 is 25.2 Å². The standard InChI is InChI=1S/C14H16N2O6/c1-8(17)13(14(20)21)15-11(18)6-16-7-12(19)22-10-5-3-2-4-9(10)16/h2-5,8,13,17H,6-7H2,1H3,(H,15,18)(H,20,21). The van der Waals surface area contributed by atoms with Crippen LogP contribution in [0.2, 0.25) is 0 Å². The Kier molecular flexibility index (Phi) is 4.62. The number of aliphatic hydroxyl groups excluding tert-OH is 1. The number of carboxylic acids is 1. The van der Waals surface area contributed by atoms with Crippen molar-refractivity contribution in [2.45, 2.75) is 19.1 Å². The summed E-state index contributed by atoms with van der Waals surface area (Å²) in [6.45, 7) is 0.937. The second-order valence-corrected chi connectivity index (χ2v) is 4.92. The number of hydrogen-bond donors (Lipinski definition) is 3. The topological polar surface area (TPSA) is 116 Å². The second-order valence-electron chi connectivity index (χ2n) is 4.92. The largest absolute Gasteiger partial charge is 0.480 e. The van der Waals surface area contributed by atoms with Crippen LogP contribution in [0.5, 0.6) is 5.75 Å². The van der Waals surface area contributed by atoms with E-state index in [0.717, 1.165) is 0 Å². The number of carbonyl (C=O) groups excluding carboxylic acids is 2. The van der Waals surface area contributed by atoms with Crippen LogP contribution in [0.25, 0.3) is 0 Å². The van der Waals surface area contributed by atoms with Gasteiger partial charge in [0, 0.05) is 0 Å². The maximum absolute atomic E-state index is 12.0. The van der Waals surface area contributed by atoms with Crippen LogP contribution in [0.1, 0.15) is 6.92 Å². The van der Waals surface area contributed by atoms with Gasteiger partial charge in [-0.15, -0.1) is 0 Å². The van der Waals surface area contributed by atoms with Crippen molar-refractivity contribution in [3.63, 3.8) is 0 Å². The van der Waals surface area contributed by atoms with Gasteiger partial charge in [-0.05, 0) is 19.1 Å². The lowest BCUT2D eigenvalue weighted by atomic mass is 10.2. The normalized spacial score (nSPS) is 16.3. The number of aliphatic carboxylic acids is 1. The van der Waals surface area contributed by atoms with Gasteiger partial charge in [0.15, 0.2) is 11.8 Å². The Morgan fingerprint density at radius 1 is 1.41 bits per heavy atom. The first kappa shape index (κ1) is 15.8. The van der Waals surface area contributed by atoms with Crippen molar-refractivity contribution >= 4 is 23.5 Å². The Balaban J connectivity index is 2.09.